The fourth-order valence-electron chi connectivity index (χ4n) is 0.214. The van der Waals surface area contributed by atoms with E-state index in [1.165, 1.54) is 0 Å². The number of rotatable bonds is 3. The van der Waals surface area contributed by atoms with Crippen molar-refractivity contribution in [2.24, 2.45) is 0 Å². The van der Waals surface area contributed by atoms with Crippen molar-refractivity contribution >= 4 is 11.9 Å². The van der Waals surface area contributed by atoms with Crippen LogP contribution in [0.3, 0.4) is 0 Å². The van der Waals surface area contributed by atoms with Gasteiger partial charge >= 0.3 is 11.9 Å². The summed E-state index contributed by atoms with van der Waals surface area (Å²) in [6, 6.07) is 0. The van der Waals surface area contributed by atoms with Gasteiger partial charge in [0.15, 0.2) is 0 Å². The van der Waals surface area contributed by atoms with Crippen LogP contribution in [0.4, 0.5) is 0 Å². The maximum absolute atomic E-state index is 9.64. The number of hydrogen-bond acceptors (Lipinski definition) is 2. The molecule has 0 spiro atoms. The normalized spacial score (nSPS) is 6.80. The van der Waals surface area contributed by atoms with Crippen LogP contribution in [0, 0.1) is 0 Å². The summed E-state index contributed by atoms with van der Waals surface area (Å²) in [5, 5.41) is 15.8. The van der Waals surface area contributed by atoms with Gasteiger partial charge in [0.25, 0.3) is 0 Å². The smallest absolute Gasteiger partial charge is 0.303 e. The van der Waals surface area contributed by atoms with Crippen LogP contribution in [-0.4, -0.2) is 22.2 Å². The third kappa shape index (κ3) is 15.8. The zero-order chi connectivity index (χ0) is 6.57. The van der Waals surface area contributed by atoms with Gasteiger partial charge in [-0.15, -0.1) is 0 Å². The molecule has 0 amide bonds. The molecule has 0 aliphatic heterocycles. The van der Waals surface area contributed by atoms with Crippen molar-refractivity contribution in [2.45, 2.75) is 12.8 Å². The van der Waals surface area contributed by atoms with Crippen LogP contribution in [0.1, 0.15) is 12.8 Å². The van der Waals surface area contributed by atoms with Crippen LogP contribution in [0.5, 0.6) is 0 Å². The minimum absolute atomic E-state index is 0. The van der Waals surface area contributed by atoms with Gasteiger partial charge in [0.2, 0.25) is 0 Å². The van der Waals surface area contributed by atoms with Crippen molar-refractivity contribution in [3.63, 3.8) is 0 Å². The molecule has 4 nitrogen and oxygen atoms in total. The van der Waals surface area contributed by atoms with Crippen molar-refractivity contribution < 1.29 is 64.6 Å². The molecule has 6 heteroatoms. The molecule has 0 bridgehead atoms. The Bertz CT molecular complexity index is 99.8. The Kier molecular flexibility index (Phi) is 15.8. The minimum Gasteiger partial charge on any atom is -0.481 e. The largest absolute Gasteiger partial charge is 0.481 e. The molecule has 0 aromatic rings. The Morgan fingerprint density at radius 1 is 0.900 bits per heavy atom. The summed E-state index contributed by atoms with van der Waals surface area (Å²) in [6.07, 6.45) is -0.593. The molecule has 2 radical (unpaired) electrons. The Balaban J connectivity index is -0.000000245. The van der Waals surface area contributed by atoms with Crippen molar-refractivity contribution in [3.8, 4) is 0 Å². The Morgan fingerprint density at radius 3 is 1.20 bits per heavy atom. The molecule has 0 aromatic carbocycles. The van der Waals surface area contributed by atoms with Gasteiger partial charge in [0, 0.05) is 44.8 Å². The molecule has 10 heavy (non-hydrogen) atoms. The van der Waals surface area contributed by atoms with E-state index < -0.39 is 11.9 Å². The van der Waals surface area contributed by atoms with Crippen molar-refractivity contribution in [1.29, 1.82) is 0 Å². The van der Waals surface area contributed by atoms with Crippen LogP contribution in [-0.2, 0) is 54.3 Å². The van der Waals surface area contributed by atoms with Crippen molar-refractivity contribution in [2.75, 3.05) is 0 Å². The number of aliphatic carboxylic acids is 2. The van der Waals surface area contributed by atoms with E-state index >= 15 is 0 Å². The zero-order valence-electron chi connectivity index (χ0n) is 4.73. The number of hydrogen-bond donors (Lipinski definition) is 2. The predicted molar refractivity (Wildman–Crippen MR) is 24.5 cm³/mol. The number of carboxylic acids is 2. The Labute approximate surface area is 89.0 Å². The Morgan fingerprint density at radius 2 is 1.10 bits per heavy atom. The molecule has 0 heterocycles. The summed E-state index contributed by atoms with van der Waals surface area (Å²) in [4.78, 5) is 19.3. The molecule has 0 aliphatic carbocycles. The minimum atomic E-state index is -1.08. The average molecular weight is 512 g/mol. The summed E-state index contributed by atoms with van der Waals surface area (Å²) in [7, 11) is 0. The second-order valence-corrected chi connectivity index (χ2v) is 1.29. The van der Waals surface area contributed by atoms with Crippen LogP contribution < -0.4 is 0 Å². The van der Waals surface area contributed by atoms with Gasteiger partial charge in [-0.3, -0.25) is 9.59 Å². The first-order chi connectivity index (χ1) is 3.63. The fraction of sp³-hybridized carbons (Fsp3) is 0.500. The molecule has 0 aromatic heterocycles. The molecule has 0 fully saturated rings. The van der Waals surface area contributed by atoms with E-state index in [2.05, 4.69) is 0 Å². The van der Waals surface area contributed by atoms with Gasteiger partial charge < -0.3 is 10.2 Å². The van der Waals surface area contributed by atoms with Gasteiger partial charge in [-0.1, -0.05) is 0 Å². The molecule has 0 saturated heterocycles. The molecule has 0 atom stereocenters. The monoisotopic (exact) mass is 512 g/mol. The molecule has 0 rings (SSSR count). The maximum Gasteiger partial charge on any atom is 0.303 e. The fourth-order valence-corrected chi connectivity index (χ4v) is 0.214. The molecule has 0 unspecified atom stereocenters. The summed E-state index contributed by atoms with van der Waals surface area (Å²) in [5.74, 6) is -2.15. The van der Waals surface area contributed by atoms with Gasteiger partial charge in [-0.2, -0.15) is 0 Å². The second-order valence-electron chi connectivity index (χ2n) is 1.29. The Hall–Kier alpha value is 0.421. The van der Waals surface area contributed by atoms with Crippen LogP contribution >= 0.6 is 0 Å². The third-order valence-electron chi connectivity index (χ3n) is 0.553. The van der Waals surface area contributed by atoms with E-state index in [0.717, 1.165) is 0 Å². The van der Waals surface area contributed by atoms with E-state index in [1.807, 2.05) is 0 Å². The van der Waals surface area contributed by atoms with Gasteiger partial charge in [0.05, 0.1) is 12.8 Å². The third-order valence-corrected chi connectivity index (χ3v) is 0.553. The topological polar surface area (TPSA) is 74.6 Å². The van der Waals surface area contributed by atoms with Gasteiger partial charge in [-0.05, 0) is 0 Å². The van der Waals surface area contributed by atoms with Crippen molar-refractivity contribution in [3.05, 3.63) is 0 Å². The predicted octanol–water partition coefficient (Wildman–Crippen LogP) is -0.0692. The number of carbonyl (C=O) groups is 2. The summed E-state index contributed by atoms with van der Waals surface area (Å²) in [5.41, 5.74) is 0. The van der Waals surface area contributed by atoms with Crippen molar-refractivity contribution in [1.82, 2.24) is 0 Å². The first-order valence-corrected chi connectivity index (χ1v) is 2.06. The molecule has 0 aliphatic rings. The van der Waals surface area contributed by atoms with Gasteiger partial charge in [-0.25, -0.2) is 0 Å². The van der Waals surface area contributed by atoms with E-state index in [-0.39, 0.29) is 57.6 Å². The van der Waals surface area contributed by atoms with E-state index in [1.54, 1.807) is 0 Å². The van der Waals surface area contributed by atoms with Crippen LogP contribution in [0.15, 0.2) is 0 Å². The van der Waals surface area contributed by atoms with E-state index in [4.69, 9.17) is 10.2 Å². The number of carboxylic acid groups (broad SMARTS) is 2. The first kappa shape index (κ1) is 16.8. The quantitative estimate of drug-likeness (QED) is 0.520. The maximum atomic E-state index is 9.64. The molecular weight excluding hydrogens is 506 g/mol. The summed E-state index contributed by atoms with van der Waals surface area (Å²) in [6.45, 7) is 0. The SMILES string of the molecule is O=C(O)CCC(=O)O.[Au].[Au]. The zero-order valence-corrected chi connectivity index (χ0v) is 9.06. The summed E-state index contributed by atoms with van der Waals surface area (Å²) < 4.78 is 0. The molecule has 0 saturated carbocycles. The standard InChI is InChI=1S/C4H6O4.2Au/c5-3(6)1-2-4(7)8;;/h1-2H2,(H,5,6)(H,7,8);;. The van der Waals surface area contributed by atoms with Gasteiger partial charge in [0.1, 0.15) is 0 Å². The second kappa shape index (κ2) is 9.42. The van der Waals surface area contributed by atoms with E-state index in [0.29, 0.717) is 0 Å². The van der Waals surface area contributed by atoms with E-state index in [9.17, 15) is 9.59 Å². The summed E-state index contributed by atoms with van der Waals surface area (Å²) >= 11 is 0. The molecule has 2 N–H and O–H groups in total. The van der Waals surface area contributed by atoms with Crippen LogP contribution in [0.2, 0.25) is 0 Å². The average Bonchev–Trinajstić information content (AvgIpc) is 1.61. The molecule has 68 valence electrons. The van der Waals surface area contributed by atoms with Crippen LogP contribution in [0.25, 0.3) is 0 Å². The first-order valence-electron chi connectivity index (χ1n) is 2.06. The molecular formula is C4H6Au2O4.